The highest BCUT2D eigenvalue weighted by Crippen LogP contribution is 2.40. The number of rotatable bonds is 13. The summed E-state index contributed by atoms with van der Waals surface area (Å²) in [6, 6.07) is 10.8. The molecule has 0 saturated carbocycles. The molecule has 3 aromatic rings. The van der Waals surface area contributed by atoms with Crippen LogP contribution in [0.3, 0.4) is 0 Å². The molecule has 0 radical (unpaired) electrons. The van der Waals surface area contributed by atoms with Gasteiger partial charge in [0.25, 0.3) is 0 Å². The minimum atomic E-state index is -1.03. The van der Waals surface area contributed by atoms with Gasteiger partial charge in [0, 0.05) is 30.8 Å². The van der Waals surface area contributed by atoms with Crippen molar-refractivity contribution in [3.05, 3.63) is 83.2 Å². The van der Waals surface area contributed by atoms with Crippen LogP contribution in [0.1, 0.15) is 57.0 Å². The number of hydrogen-bond donors (Lipinski definition) is 2. The first-order valence-corrected chi connectivity index (χ1v) is 14.8. The summed E-state index contributed by atoms with van der Waals surface area (Å²) in [5.74, 6) is -3.58. The first kappa shape index (κ1) is 33.2. The zero-order chi connectivity index (χ0) is 31.2. The lowest BCUT2D eigenvalue weighted by atomic mass is 9.81. The Hall–Kier alpha value is -3.28. The molecule has 2 aromatic carbocycles. The minimum Gasteiger partial charge on any atom is -0.387 e. The molecule has 1 unspecified atom stereocenters. The van der Waals surface area contributed by atoms with Crippen LogP contribution in [0.25, 0.3) is 5.69 Å². The molecule has 0 fully saturated rings. The van der Waals surface area contributed by atoms with Gasteiger partial charge < -0.3 is 15.7 Å². The van der Waals surface area contributed by atoms with E-state index in [0.29, 0.717) is 17.7 Å². The number of aromatic nitrogens is 2. The van der Waals surface area contributed by atoms with Crippen LogP contribution in [-0.4, -0.2) is 61.8 Å². The Kier molecular flexibility index (Phi) is 11.3. The van der Waals surface area contributed by atoms with Gasteiger partial charge >= 0.3 is 0 Å². The highest BCUT2D eigenvalue weighted by atomic mass is 79.9. The van der Waals surface area contributed by atoms with Gasteiger partial charge in [-0.2, -0.15) is 5.10 Å². The summed E-state index contributed by atoms with van der Waals surface area (Å²) in [6.07, 6.45) is 2.03. The van der Waals surface area contributed by atoms with Crippen molar-refractivity contribution in [1.82, 2.24) is 14.7 Å². The van der Waals surface area contributed by atoms with Gasteiger partial charge in [-0.25, -0.2) is 13.5 Å². The highest BCUT2D eigenvalue weighted by Gasteiger charge is 2.39. The summed E-state index contributed by atoms with van der Waals surface area (Å²) < 4.78 is 30.2. The Labute approximate surface area is 253 Å². The van der Waals surface area contributed by atoms with Crippen LogP contribution in [0.15, 0.2) is 54.7 Å². The molecule has 1 amide bonds. The van der Waals surface area contributed by atoms with Gasteiger partial charge in [0.05, 0.1) is 29.0 Å². The van der Waals surface area contributed by atoms with Crippen LogP contribution in [0, 0.1) is 23.0 Å². The minimum absolute atomic E-state index is 0.0184. The molecule has 1 aromatic heterocycles. The first-order valence-electron chi connectivity index (χ1n) is 13.6. The predicted octanol–water partition coefficient (Wildman–Crippen LogP) is 4.54. The maximum Gasteiger partial charge on any atom is 0.248 e. The molecule has 1 heterocycles. The molecule has 3 rings (SSSR count). The fourth-order valence-electron chi connectivity index (χ4n) is 4.92. The van der Waals surface area contributed by atoms with Gasteiger partial charge in [0.15, 0.2) is 11.6 Å². The maximum absolute atomic E-state index is 14.8. The Balaban J connectivity index is 2.10. The second-order valence-corrected chi connectivity index (χ2v) is 11.9. The second-order valence-electron chi connectivity index (χ2n) is 11.4. The molecule has 0 spiro atoms. The van der Waals surface area contributed by atoms with Gasteiger partial charge in [-0.3, -0.25) is 14.4 Å². The van der Waals surface area contributed by atoms with E-state index in [0.717, 1.165) is 23.8 Å². The molecule has 42 heavy (non-hydrogen) atoms. The van der Waals surface area contributed by atoms with E-state index >= 15 is 0 Å². The number of hydrogen-bond acceptors (Lipinski definition) is 6. The third kappa shape index (κ3) is 7.96. The Bertz CT molecular complexity index is 1410. The third-order valence-electron chi connectivity index (χ3n) is 7.15. The number of carbonyl (C=O) groups excluding carboxylic acids is 3. The number of aliphatic hydroxyl groups excluding tert-OH is 1. The number of carbonyl (C=O) groups is 3. The quantitative estimate of drug-likeness (QED) is 0.208. The summed E-state index contributed by atoms with van der Waals surface area (Å²) in [6.45, 7) is 6.35. The molecule has 3 atom stereocenters. The van der Waals surface area contributed by atoms with E-state index in [9.17, 15) is 28.3 Å². The normalized spacial score (nSPS) is 13.8. The van der Waals surface area contributed by atoms with Gasteiger partial charge in [-0.05, 0) is 36.5 Å². The van der Waals surface area contributed by atoms with Crippen molar-refractivity contribution in [2.75, 3.05) is 18.5 Å². The fourth-order valence-corrected chi connectivity index (χ4v) is 5.41. The second kappa shape index (κ2) is 14.3. The molecule has 0 bridgehead atoms. The molecule has 11 heteroatoms. The summed E-state index contributed by atoms with van der Waals surface area (Å²) in [4.78, 5) is 39.5. The number of nitrogens with two attached hydrogens (primary N) is 1. The lowest BCUT2D eigenvalue weighted by Gasteiger charge is -2.40. The van der Waals surface area contributed by atoms with Crippen LogP contribution in [-0.2, 0) is 20.8 Å². The number of Topliss-reactive ketones (excluding diaryl/α,β-unsaturated/α-hetero) is 2. The number of ketones is 2. The fraction of sp³-hybridized carbons (Fsp3) is 0.419. The topological polar surface area (TPSA) is 119 Å². The van der Waals surface area contributed by atoms with E-state index in [1.165, 1.54) is 16.5 Å². The van der Waals surface area contributed by atoms with Crippen molar-refractivity contribution in [2.24, 2.45) is 17.1 Å². The van der Waals surface area contributed by atoms with Crippen molar-refractivity contribution in [2.45, 2.75) is 52.6 Å². The molecule has 0 aliphatic rings. The number of amides is 1. The van der Waals surface area contributed by atoms with Gasteiger partial charge in [0.1, 0.15) is 23.9 Å². The van der Waals surface area contributed by atoms with Crippen molar-refractivity contribution >= 4 is 33.4 Å². The molecular formula is C31H37BrF2N4O4. The summed E-state index contributed by atoms with van der Waals surface area (Å²) in [7, 11) is 0. The summed E-state index contributed by atoms with van der Waals surface area (Å²) in [5, 5.41) is 14.6. The molecular weight excluding hydrogens is 610 g/mol. The average Bonchev–Trinajstić information content (AvgIpc) is 3.36. The summed E-state index contributed by atoms with van der Waals surface area (Å²) >= 11 is 3.07. The van der Waals surface area contributed by atoms with E-state index in [-0.39, 0.29) is 29.8 Å². The molecule has 0 aliphatic heterocycles. The molecule has 0 saturated heterocycles. The Morgan fingerprint density at radius 2 is 1.79 bits per heavy atom. The lowest BCUT2D eigenvalue weighted by Crippen LogP contribution is -2.46. The van der Waals surface area contributed by atoms with E-state index in [4.69, 9.17) is 10.8 Å². The zero-order valence-corrected chi connectivity index (χ0v) is 25.8. The van der Waals surface area contributed by atoms with Crippen LogP contribution in [0.4, 0.5) is 8.78 Å². The van der Waals surface area contributed by atoms with E-state index in [1.807, 2.05) is 51.1 Å². The van der Waals surface area contributed by atoms with Crippen LogP contribution >= 0.6 is 15.9 Å². The third-order valence-corrected chi connectivity index (χ3v) is 7.70. The van der Waals surface area contributed by atoms with E-state index in [2.05, 4.69) is 15.9 Å². The molecule has 3 N–H and O–H groups in total. The first-order chi connectivity index (χ1) is 19.8. The Morgan fingerprint density at radius 3 is 2.38 bits per heavy atom. The van der Waals surface area contributed by atoms with Gasteiger partial charge in [-0.15, -0.1) is 0 Å². The van der Waals surface area contributed by atoms with Gasteiger partial charge in [-0.1, -0.05) is 67.0 Å². The molecule has 8 nitrogen and oxygen atoms in total. The number of nitrogens with zero attached hydrogens (tertiary/aromatic N) is 3. The number of benzene rings is 2. The predicted molar refractivity (Wildman–Crippen MR) is 159 cm³/mol. The van der Waals surface area contributed by atoms with Crippen molar-refractivity contribution in [1.29, 1.82) is 0 Å². The maximum atomic E-state index is 14.8. The van der Waals surface area contributed by atoms with E-state index < -0.39 is 53.3 Å². The molecule has 226 valence electrons. The average molecular weight is 648 g/mol. The van der Waals surface area contributed by atoms with Crippen molar-refractivity contribution < 1.29 is 28.3 Å². The number of alkyl halides is 1. The van der Waals surface area contributed by atoms with Crippen molar-refractivity contribution in [3.63, 3.8) is 0 Å². The smallest absolute Gasteiger partial charge is 0.248 e. The highest BCUT2D eigenvalue weighted by molar-refractivity contribution is 9.09. The summed E-state index contributed by atoms with van der Waals surface area (Å²) in [5.41, 5.74) is 7.45. The van der Waals surface area contributed by atoms with Crippen LogP contribution in [0.2, 0.25) is 0 Å². The van der Waals surface area contributed by atoms with E-state index in [1.54, 1.807) is 6.20 Å². The van der Waals surface area contributed by atoms with Crippen LogP contribution < -0.4 is 5.73 Å². The van der Waals surface area contributed by atoms with Gasteiger partial charge in [0.2, 0.25) is 5.91 Å². The SMILES string of the molecule is CC(C(=O)CBr)C(=O)[C@@H](N)CCN(C(=O)CO)[C@@H](c1nn(-c2cc(F)ccc2F)cc1Cc1ccccc1)C(C)(C)C. The molecule has 0 aliphatic carbocycles. The largest absolute Gasteiger partial charge is 0.387 e. The monoisotopic (exact) mass is 646 g/mol. The van der Waals surface area contributed by atoms with Crippen molar-refractivity contribution in [3.8, 4) is 5.69 Å². The van der Waals surface area contributed by atoms with Crippen LogP contribution in [0.5, 0.6) is 0 Å². The number of halogens is 3. The Morgan fingerprint density at radius 1 is 1.12 bits per heavy atom. The lowest BCUT2D eigenvalue weighted by molar-refractivity contribution is -0.140. The zero-order valence-electron chi connectivity index (χ0n) is 24.2. The number of aliphatic hydroxyl groups is 1. The standard InChI is InChI=1S/C31H37BrF2N4O4/c1-19(26(40)16-32)29(42)24(35)12-13-37(27(41)18-39)30(31(2,3)4)28-21(14-20-8-6-5-7-9-20)17-38(36-28)25-15-22(33)10-11-23(25)34/h5-11,15,17,19,24,30,39H,12-14,16,18,35H2,1-4H3/t19?,24-,30-/m0/s1.